The van der Waals surface area contributed by atoms with Gasteiger partial charge in [0.15, 0.2) is 0 Å². The second-order valence-electron chi connectivity index (χ2n) is 3.93. The molecule has 0 aliphatic heterocycles. The fraction of sp³-hybridized carbons (Fsp3) is 0.273. The number of carbonyl (C=O) groups is 1. The third-order valence-electron chi connectivity index (χ3n) is 2.11. The number of rotatable bonds is 4. The molecule has 0 radical (unpaired) electrons. The Morgan fingerprint density at radius 1 is 1.42 bits per heavy atom. The Morgan fingerprint density at radius 2 is 2.05 bits per heavy atom. The molecule has 0 saturated carbocycles. The van der Waals surface area contributed by atoms with Crippen molar-refractivity contribution in [1.29, 1.82) is 0 Å². The minimum Gasteiger partial charge on any atom is -0.465 e. The molecular weight excluding hydrogens is 270 g/mol. The molecule has 1 rings (SSSR count). The Labute approximate surface area is 111 Å². The van der Waals surface area contributed by atoms with Crippen LogP contribution in [0.15, 0.2) is 28.1 Å². The molecule has 0 spiro atoms. The summed E-state index contributed by atoms with van der Waals surface area (Å²) in [5.41, 5.74) is 0.249. The first kappa shape index (κ1) is 15.1. The maximum absolute atomic E-state index is 11.5. The average molecular weight is 285 g/mol. The van der Waals surface area contributed by atoms with Gasteiger partial charge in [-0.1, -0.05) is 0 Å². The Balaban J connectivity index is 3.36. The molecule has 7 nitrogen and oxygen atoms in total. The van der Waals surface area contributed by atoms with Crippen LogP contribution in [-0.2, 0) is 14.8 Å². The van der Waals surface area contributed by atoms with Crippen LogP contribution in [0.3, 0.4) is 0 Å². The lowest BCUT2D eigenvalue weighted by molar-refractivity contribution is 0.0596. The van der Waals surface area contributed by atoms with E-state index in [9.17, 15) is 13.2 Å². The minimum absolute atomic E-state index is 0.117. The summed E-state index contributed by atoms with van der Waals surface area (Å²) in [4.78, 5) is 16.9. The zero-order valence-electron chi connectivity index (χ0n) is 10.8. The highest BCUT2D eigenvalue weighted by Gasteiger charge is 2.20. The summed E-state index contributed by atoms with van der Waals surface area (Å²) >= 11 is 0. The van der Waals surface area contributed by atoms with E-state index in [1.165, 1.54) is 24.5 Å². The van der Waals surface area contributed by atoms with E-state index in [1.54, 1.807) is 19.0 Å². The largest absolute Gasteiger partial charge is 0.465 e. The Kier molecular flexibility index (Phi) is 4.62. The van der Waals surface area contributed by atoms with Crippen molar-refractivity contribution >= 4 is 28.0 Å². The number of aliphatic imine (C=N–C) groups is 1. The predicted molar refractivity (Wildman–Crippen MR) is 71.0 cm³/mol. The molecule has 0 aliphatic carbocycles. The van der Waals surface area contributed by atoms with Crippen molar-refractivity contribution in [3.63, 3.8) is 0 Å². The van der Waals surface area contributed by atoms with Crippen LogP contribution >= 0.6 is 0 Å². The van der Waals surface area contributed by atoms with E-state index in [0.29, 0.717) is 5.69 Å². The van der Waals surface area contributed by atoms with E-state index < -0.39 is 16.0 Å². The normalized spacial score (nSPS) is 11.6. The van der Waals surface area contributed by atoms with E-state index in [2.05, 4.69) is 9.73 Å². The molecule has 0 atom stereocenters. The minimum atomic E-state index is -4.04. The van der Waals surface area contributed by atoms with Crippen molar-refractivity contribution in [3.05, 3.63) is 23.8 Å². The number of sulfonamides is 1. The molecule has 0 amide bonds. The number of hydrogen-bond acceptors (Lipinski definition) is 5. The Morgan fingerprint density at radius 3 is 2.53 bits per heavy atom. The molecule has 0 fully saturated rings. The third-order valence-corrected chi connectivity index (χ3v) is 3.07. The zero-order chi connectivity index (χ0) is 14.6. The molecule has 19 heavy (non-hydrogen) atoms. The van der Waals surface area contributed by atoms with Crippen molar-refractivity contribution < 1.29 is 17.9 Å². The van der Waals surface area contributed by atoms with Gasteiger partial charge < -0.3 is 9.64 Å². The highest BCUT2D eigenvalue weighted by Crippen LogP contribution is 2.22. The maximum Gasteiger partial charge on any atom is 0.339 e. The molecule has 0 unspecified atom stereocenters. The number of nitrogens with two attached hydrogens (primary N) is 1. The number of primary sulfonamides is 1. The standard InChI is InChI=1S/C11H15N3O4S/c1-14(2)7-13-8-4-5-9(11(15)18-3)10(6-8)19(12,16)17/h4-7H,1-3H3,(H2,12,16,17)/b13-7+. The van der Waals surface area contributed by atoms with Crippen LogP contribution in [-0.4, -0.2) is 46.8 Å². The summed E-state index contributed by atoms with van der Waals surface area (Å²) < 4.78 is 27.4. The van der Waals surface area contributed by atoms with Crippen LogP contribution in [0.2, 0.25) is 0 Å². The number of nitrogens with zero attached hydrogens (tertiary/aromatic N) is 2. The van der Waals surface area contributed by atoms with Crippen molar-refractivity contribution in [2.75, 3.05) is 21.2 Å². The zero-order valence-corrected chi connectivity index (χ0v) is 11.6. The van der Waals surface area contributed by atoms with Gasteiger partial charge in [-0.05, 0) is 18.2 Å². The van der Waals surface area contributed by atoms with Gasteiger partial charge in [-0.3, -0.25) is 0 Å². The van der Waals surface area contributed by atoms with Crippen molar-refractivity contribution in [1.82, 2.24) is 4.90 Å². The van der Waals surface area contributed by atoms with Gasteiger partial charge in [-0.15, -0.1) is 0 Å². The van der Waals surface area contributed by atoms with Crippen LogP contribution in [0, 0.1) is 0 Å². The van der Waals surface area contributed by atoms with Crippen molar-refractivity contribution in [2.24, 2.45) is 10.1 Å². The molecule has 0 saturated heterocycles. The molecule has 0 aromatic heterocycles. The fourth-order valence-electron chi connectivity index (χ4n) is 1.29. The molecule has 0 heterocycles. The van der Waals surface area contributed by atoms with Gasteiger partial charge in [-0.2, -0.15) is 0 Å². The molecule has 2 N–H and O–H groups in total. The molecule has 1 aromatic rings. The topological polar surface area (TPSA) is 102 Å². The number of esters is 1. The van der Waals surface area contributed by atoms with E-state index in [1.807, 2.05) is 0 Å². The van der Waals surface area contributed by atoms with Gasteiger partial charge in [-0.25, -0.2) is 23.3 Å². The summed E-state index contributed by atoms with van der Waals surface area (Å²) in [6.45, 7) is 0. The van der Waals surface area contributed by atoms with Crippen molar-refractivity contribution in [2.45, 2.75) is 4.90 Å². The number of benzene rings is 1. The SMILES string of the molecule is COC(=O)c1ccc(/N=C/N(C)C)cc1S(N)(=O)=O. The first-order chi connectivity index (χ1) is 8.75. The monoisotopic (exact) mass is 285 g/mol. The molecular formula is C11H15N3O4S. The predicted octanol–water partition coefficient (Wildman–Crippen LogP) is 0.342. The molecule has 0 bridgehead atoms. The number of hydrogen-bond donors (Lipinski definition) is 1. The van der Waals surface area contributed by atoms with Crippen LogP contribution < -0.4 is 5.14 Å². The maximum atomic E-state index is 11.5. The van der Waals surface area contributed by atoms with E-state index in [-0.39, 0.29) is 10.5 Å². The van der Waals surface area contributed by atoms with Gasteiger partial charge in [0.05, 0.1) is 29.6 Å². The number of ether oxygens (including phenoxy) is 1. The summed E-state index contributed by atoms with van der Waals surface area (Å²) in [5, 5.41) is 5.08. The van der Waals surface area contributed by atoms with E-state index >= 15 is 0 Å². The van der Waals surface area contributed by atoms with Crippen LogP contribution in [0.1, 0.15) is 10.4 Å². The van der Waals surface area contributed by atoms with E-state index in [0.717, 1.165) is 7.11 Å². The van der Waals surface area contributed by atoms with Crippen LogP contribution in [0.25, 0.3) is 0 Å². The quantitative estimate of drug-likeness (QED) is 0.488. The van der Waals surface area contributed by atoms with Gasteiger partial charge in [0, 0.05) is 14.1 Å². The van der Waals surface area contributed by atoms with Crippen molar-refractivity contribution in [3.8, 4) is 0 Å². The smallest absolute Gasteiger partial charge is 0.339 e. The number of methoxy groups -OCH3 is 1. The first-order valence-electron chi connectivity index (χ1n) is 5.21. The Bertz CT molecular complexity index is 608. The van der Waals surface area contributed by atoms with Gasteiger partial charge in [0.1, 0.15) is 0 Å². The van der Waals surface area contributed by atoms with Gasteiger partial charge in [0.2, 0.25) is 10.0 Å². The lowest BCUT2D eigenvalue weighted by Gasteiger charge is -2.07. The average Bonchev–Trinajstić information content (AvgIpc) is 2.34. The third kappa shape index (κ3) is 4.04. The molecule has 1 aromatic carbocycles. The van der Waals surface area contributed by atoms with Gasteiger partial charge in [0.25, 0.3) is 0 Å². The van der Waals surface area contributed by atoms with Crippen LogP contribution in [0.5, 0.6) is 0 Å². The van der Waals surface area contributed by atoms with E-state index in [4.69, 9.17) is 5.14 Å². The molecule has 0 aliphatic rings. The second kappa shape index (κ2) is 5.81. The van der Waals surface area contributed by atoms with Crippen LogP contribution in [0.4, 0.5) is 5.69 Å². The Hall–Kier alpha value is -1.93. The lowest BCUT2D eigenvalue weighted by atomic mass is 10.2. The summed E-state index contributed by atoms with van der Waals surface area (Å²) in [6.07, 6.45) is 1.50. The second-order valence-corrected chi connectivity index (χ2v) is 5.46. The molecule has 104 valence electrons. The van der Waals surface area contributed by atoms with Gasteiger partial charge >= 0.3 is 5.97 Å². The lowest BCUT2D eigenvalue weighted by Crippen LogP contribution is -2.17. The summed E-state index contributed by atoms with van der Waals surface area (Å²) in [6, 6.07) is 4.04. The molecule has 8 heteroatoms. The summed E-state index contributed by atoms with van der Waals surface area (Å²) in [7, 11) is 0.664. The highest BCUT2D eigenvalue weighted by molar-refractivity contribution is 7.89. The number of carbonyl (C=O) groups excluding carboxylic acids is 1. The fourth-order valence-corrected chi connectivity index (χ4v) is 2.03. The summed E-state index contributed by atoms with van der Waals surface area (Å²) in [5.74, 6) is -0.771. The highest BCUT2D eigenvalue weighted by atomic mass is 32.2. The first-order valence-corrected chi connectivity index (χ1v) is 6.76.